The predicted molar refractivity (Wildman–Crippen MR) is 109 cm³/mol. The normalized spacial score (nSPS) is 18.1. The van der Waals surface area contributed by atoms with Crippen LogP contribution in [0.15, 0.2) is 54.6 Å². The van der Waals surface area contributed by atoms with E-state index in [4.69, 9.17) is 4.74 Å². The van der Waals surface area contributed by atoms with Crippen LogP contribution in [0.1, 0.15) is 33.9 Å². The van der Waals surface area contributed by atoms with E-state index in [9.17, 15) is 18.0 Å². The lowest BCUT2D eigenvalue weighted by Gasteiger charge is -2.30. The molecule has 0 aromatic heterocycles. The van der Waals surface area contributed by atoms with Crippen LogP contribution in [0.3, 0.4) is 0 Å². The number of amides is 1. The van der Waals surface area contributed by atoms with Gasteiger partial charge >= 0.3 is 6.18 Å². The molecular formula is C23H27F3N2O2. The number of rotatable bonds is 7. The molecule has 0 aliphatic carbocycles. The summed E-state index contributed by atoms with van der Waals surface area (Å²) in [6.45, 7) is 2.28. The maximum Gasteiger partial charge on any atom is 0.416 e. The molecule has 3 rings (SSSR count). The molecule has 2 aromatic carbocycles. The molecule has 4 nitrogen and oxygen atoms in total. The number of methoxy groups -OCH3 is 1. The molecule has 0 spiro atoms. The van der Waals surface area contributed by atoms with Crippen molar-refractivity contribution in [3.8, 4) is 0 Å². The fourth-order valence-corrected chi connectivity index (χ4v) is 4.02. The van der Waals surface area contributed by atoms with Crippen molar-refractivity contribution in [3.63, 3.8) is 0 Å². The second-order valence-electron chi connectivity index (χ2n) is 7.81. The Labute approximate surface area is 175 Å². The quantitative estimate of drug-likeness (QED) is 0.662. The first kappa shape index (κ1) is 22.3. The van der Waals surface area contributed by atoms with E-state index in [1.807, 2.05) is 47.2 Å². The van der Waals surface area contributed by atoms with Gasteiger partial charge in [-0.05, 0) is 49.2 Å². The molecule has 0 radical (unpaired) electrons. The maximum atomic E-state index is 13.1. The Balaban J connectivity index is 1.66. The minimum Gasteiger partial charge on any atom is -0.383 e. The summed E-state index contributed by atoms with van der Waals surface area (Å²) in [5.41, 5.74) is 0.590. The fourth-order valence-electron chi connectivity index (χ4n) is 4.02. The van der Waals surface area contributed by atoms with Gasteiger partial charge in [0.25, 0.3) is 5.91 Å². The van der Waals surface area contributed by atoms with Crippen LogP contribution in [-0.4, -0.2) is 56.1 Å². The SMILES string of the molecule is COC[C@H](c1cccc(C(F)(F)F)c1)N(C)C[C@@H]1CCN(C(=O)c2ccccc2)C1. The van der Waals surface area contributed by atoms with Gasteiger partial charge in [0, 0.05) is 32.3 Å². The van der Waals surface area contributed by atoms with Crippen molar-refractivity contribution in [2.24, 2.45) is 5.92 Å². The van der Waals surface area contributed by atoms with Crippen LogP contribution in [0.25, 0.3) is 0 Å². The third-order valence-corrected chi connectivity index (χ3v) is 5.60. The van der Waals surface area contributed by atoms with Gasteiger partial charge in [0.1, 0.15) is 0 Å². The number of hydrogen-bond acceptors (Lipinski definition) is 3. The molecule has 2 atom stereocenters. The van der Waals surface area contributed by atoms with E-state index in [0.717, 1.165) is 12.5 Å². The molecule has 30 heavy (non-hydrogen) atoms. The number of alkyl halides is 3. The highest BCUT2D eigenvalue weighted by molar-refractivity contribution is 5.94. The minimum absolute atomic E-state index is 0.0204. The molecule has 1 aliphatic rings. The Morgan fingerprint density at radius 3 is 2.60 bits per heavy atom. The van der Waals surface area contributed by atoms with Crippen molar-refractivity contribution in [3.05, 3.63) is 71.3 Å². The molecule has 0 saturated carbocycles. The summed E-state index contributed by atoms with van der Waals surface area (Å²) < 4.78 is 44.7. The van der Waals surface area contributed by atoms with Crippen LogP contribution in [0, 0.1) is 5.92 Å². The van der Waals surface area contributed by atoms with Crippen molar-refractivity contribution < 1.29 is 22.7 Å². The van der Waals surface area contributed by atoms with E-state index in [1.165, 1.54) is 12.1 Å². The summed E-state index contributed by atoms with van der Waals surface area (Å²) in [6, 6.07) is 14.3. The van der Waals surface area contributed by atoms with Gasteiger partial charge in [-0.1, -0.05) is 30.3 Å². The lowest BCUT2D eigenvalue weighted by molar-refractivity contribution is -0.137. The number of hydrogen-bond donors (Lipinski definition) is 0. The largest absolute Gasteiger partial charge is 0.416 e. The first-order valence-electron chi connectivity index (χ1n) is 10.00. The second-order valence-corrected chi connectivity index (χ2v) is 7.81. The first-order chi connectivity index (χ1) is 14.3. The van der Waals surface area contributed by atoms with Crippen LogP contribution in [0.2, 0.25) is 0 Å². The Bertz CT molecular complexity index is 842. The summed E-state index contributed by atoms with van der Waals surface area (Å²) in [5.74, 6) is 0.278. The molecule has 0 N–H and O–H groups in total. The maximum absolute atomic E-state index is 13.1. The van der Waals surface area contributed by atoms with Gasteiger partial charge < -0.3 is 9.64 Å². The van der Waals surface area contributed by atoms with Gasteiger partial charge in [0.15, 0.2) is 0 Å². The summed E-state index contributed by atoms with van der Waals surface area (Å²) in [7, 11) is 3.44. The highest BCUT2D eigenvalue weighted by Gasteiger charge is 2.32. The molecule has 1 fully saturated rings. The molecule has 1 heterocycles. The highest BCUT2D eigenvalue weighted by atomic mass is 19.4. The lowest BCUT2D eigenvalue weighted by atomic mass is 10.0. The zero-order valence-corrected chi connectivity index (χ0v) is 17.2. The van der Waals surface area contributed by atoms with Gasteiger partial charge in [-0.15, -0.1) is 0 Å². The van der Waals surface area contributed by atoms with Crippen LogP contribution in [-0.2, 0) is 10.9 Å². The Hall–Kier alpha value is -2.38. The van der Waals surface area contributed by atoms with Crippen molar-refractivity contribution in [1.82, 2.24) is 9.80 Å². The van der Waals surface area contributed by atoms with Crippen LogP contribution < -0.4 is 0 Å². The molecular weight excluding hydrogens is 393 g/mol. The number of benzene rings is 2. The fraction of sp³-hybridized carbons (Fsp3) is 0.435. The van der Waals surface area contributed by atoms with Crippen molar-refractivity contribution >= 4 is 5.91 Å². The van der Waals surface area contributed by atoms with Gasteiger partial charge in [0.2, 0.25) is 0 Å². The number of likely N-dealkylation sites (N-methyl/N-ethyl adjacent to an activating group) is 1. The average Bonchev–Trinajstić information content (AvgIpc) is 3.20. The molecule has 1 amide bonds. The van der Waals surface area contributed by atoms with E-state index < -0.39 is 11.7 Å². The third kappa shape index (κ3) is 5.40. The number of likely N-dealkylation sites (tertiary alicyclic amines) is 1. The molecule has 1 aliphatic heterocycles. The molecule has 1 saturated heterocycles. The summed E-state index contributed by atoms with van der Waals surface area (Å²) in [4.78, 5) is 16.5. The highest BCUT2D eigenvalue weighted by Crippen LogP contribution is 2.32. The van der Waals surface area contributed by atoms with Gasteiger partial charge in [-0.2, -0.15) is 13.2 Å². The Morgan fingerprint density at radius 2 is 1.93 bits per heavy atom. The molecule has 2 aromatic rings. The number of ether oxygens (including phenoxy) is 1. The number of carbonyl (C=O) groups is 1. The first-order valence-corrected chi connectivity index (χ1v) is 10.00. The molecule has 0 unspecified atom stereocenters. The summed E-state index contributed by atoms with van der Waals surface area (Å²) in [6.07, 6.45) is -3.51. The second kappa shape index (κ2) is 9.62. The van der Waals surface area contributed by atoms with Gasteiger partial charge in [-0.25, -0.2) is 0 Å². The summed E-state index contributed by atoms with van der Waals surface area (Å²) in [5, 5.41) is 0. The lowest BCUT2D eigenvalue weighted by Crippen LogP contribution is -2.35. The molecule has 162 valence electrons. The van der Waals surface area contributed by atoms with E-state index in [0.29, 0.717) is 30.8 Å². The van der Waals surface area contributed by atoms with E-state index in [1.54, 1.807) is 13.2 Å². The van der Waals surface area contributed by atoms with Crippen molar-refractivity contribution in [2.75, 3.05) is 40.4 Å². The van der Waals surface area contributed by atoms with Crippen molar-refractivity contribution in [1.29, 1.82) is 0 Å². The van der Waals surface area contributed by atoms with Gasteiger partial charge in [-0.3, -0.25) is 9.69 Å². The average molecular weight is 420 g/mol. The predicted octanol–water partition coefficient (Wildman–Crippen LogP) is 4.49. The van der Waals surface area contributed by atoms with Crippen LogP contribution in [0.5, 0.6) is 0 Å². The smallest absolute Gasteiger partial charge is 0.383 e. The Kier molecular flexibility index (Phi) is 7.15. The zero-order chi connectivity index (χ0) is 21.7. The number of nitrogens with zero attached hydrogens (tertiary/aromatic N) is 2. The third-order valence-electron chi connectivity index (χ3n) is 5.60. The number of halogens is 3. The standard InChI is InChI=1S/C23H27F3N2O2/c1-27(21(16-30-2)19-9-6-10-20(13-19)23(24,25)26)14-17-11-12-28(15-17)22(29)18-7-4-3-5-8-18/h3-10,13,17,21H,11-12,14-16H2,1-2H3/t17-,21+/m0/s1. The van der Waals surface area contributed by atoms with Crippen LogP contribution in [0.4, 0.5) is 13.2 Å². The summed E-state index contributed by atoms with van der Waals surface area (Å²) >= 11 is 0. The zero-order valence-electron chi connectivity index (χ0n) is 17.2. The minimum atomic E-state index is -4.38. The molecule has 0 bridgehead atoms. The monoisotopic (exact) mass is 420 g/mol. The van der Waals surface area contributed by atoms with E-state index >= 15 is 0 Å². The number of carbonyl (C=O) groups excluding carboxylic acids is 1. The molecule has 7 heteroatoms. The van der Waals surface area contributed by atoms with E-state index in [2.05, 4.69) is 0 Å². The van der Waals surface area contributed by atoms with Gasteiger partial charge in [0.05, 0.1) is 18.2 Å². The van der Waals surface area contributed by atoms with Crippen molar-refractivity contribution in [2.45, 2.75) is 18.6 Å². The topological polar surface area (TPSA) is 32.8 Å². The Morgan fingerprint density at radius 1 is 1.20 bits per heavy atom. The van der Waals surface area contributed by atoms with Crippen LogP contribution >= 0.6 is 0 Å². The van der Waals surface area contributed by atoms with E-state index in [-0.39, 0.29) is 24.5 Å².